The van der Waals surface area contributed by atoms with Crippen molar-refractivity contribution in [2.45, 2.75) is 33.1 Å². The summed E-state index contributed by atoms with van der Waals surface area (Å²) in [6.45, 7) is 8.00. The maximum atomic E-state index is 12.6. The van der Waals surface area contributed by atoms with Crippen LogP contribution in [0.3, 0.4) is 0 Å². The summed E-state index contributed by atoms with van der Waals surface area (Å²) in [6.07, 6.45) is 0.926. The highest BCUT2D eigenvalue weighted by Gasteiger charge is 2.20. The van der Waals surface area contributed by atoms with E-state index in [0.717, 1.165) is 16.5 Å². The molecule has 4 aromatic rings. The van der Waals surface area contributed by atoms with E-state index < -0.39 is 12.1 Å². The van der Waals surface area contributed by atoms with Crippen LogP contribution in [0.15, 0.2) is 65.3 Å². The standard InChI is InChI=1S/C26H27N5O5/c1-5-34-25(33)29-22-14-16(12-13-27-22)35-20-11-10-19(17-8-6-7-9-18(17)20)28-24(32)30-23-15-21(31-36-23)26(2,3)4/h6-15H,5H2,1-4H3,(H,27,29,33)(H2,28,30,32). The van der Waals surface area contributed by atoms with E-state index in [0.29, 0.717) is 23.0 Å². The maximum absolute atomic E-state index is 12.6. The first-order chi connectivity index (χ1) is 17.2. The topological polar surface area (TPSA) is 128 Å². The van der Waals surface area contributed by atoms with Gasteiger partial charge in [-0.2, -0.15) is 0 Å². The van der Waals surface area contributed by atoms with Crippen molar-refractivity contribution in [1.82, 2.24) is 10.1 Å². The molecule has 0 aliphatic rings. The van der Waals surface area contributed by atoms with Gasteiger partial charge in [0.15, 0.2) is 0 Å². The quantitative estimate of drug-likeness (QED) is 0.281. The van der Waals surface area contributed by atoms with Crippen LogP contribution in [0.4, 0.5) is 27.0 Å². The second-order valence-corrected chi connectivity index (χ2v) is 8.89. The molecule has 0 saturated heterocycles. The summed E-state index contributed by atoms with van der Waals surface area (Å²) in [6, 6.07) is 15.5. The average Bonchev–Trinajstić information content (AvgIpc) is 3.30. The predicted octanol–water partition coefficient (Wildman–Crippen LogP) is 6.53. The van der Waals surface area contributed by atoms with E-state index in [4.69, 9.17) is 14.0 Å². The third kappa shape index (κ3) is 5.90. The molecule has 10 heteroatoms. The van der Waals surface area contributed by atoms with Crippen molar-refractivity contribution >= 4 is 40.3 Å². The van der Waals surface area contributed by atoms with Gasteiger partial charge in [0.25, 0.3) is 0 Å². The molecule has 0 spiro atoms. The SMILES string of the molecule is CCOC(=O)Nc1cc(Oc2ccc(NC(=O)Nc3cc(C(C)(C)C)no3)c3ccccc23)ccn1. The zero-order chi connectivity index (χ0) is 25.7. The molecule has 0 fully saturated rings. The fraction of sp³-hybridized carbons (Fsp3) is 0.231. The fourth-order valence-corrected chi connectivity index (χ4v) is 3.36. The van der Waals surface area contributed by atoms with Crippen LogP contribution < -0.4 is 20.7 Å². The van der Waals surface area contributed by atoms with Gasteiger partial charge in [-0.3, -0.25) is 10.6 Å². The Balaban J connectivity index is 1.51. The van der Waals surface area contributed by atoms with Crippen molar-refractivity contribution in [2.24, 2.45) is 0 Å². The highest BCUT2D eigenvalue weighted by molar-refractivity contribution is 6.07. The highest BCUT2D eigenvalue weighted by atomic mass is 16.5. The van der Waals surface area contributed by atoms with Crippen molar-refractivity contribution in [2.75, 3.05) is 22.6 Å². The molecule has 0 saturated carbocycles. The van der Waals surface area contributed by atoms with Crippen LogP contribution in [0, 0.1) is 0 Å². The smallest absolute Gasteiger partial charge is 0.412 e. The Morgan fingerprint density at radius 3 is 2.47 bits per heavy atom. The van der Waals surface area contributed by atoms with E-state index >= 15 is 0 Å². The zero-order valence-corrected chi connectivity index (χ0v) is 20.4. The number of aromatic nitrogens is 2. The van der Waals surface area contributed by atoms with Crippen LogP contribution in [0.2, 0.25) is 0 Å². The van der Waals surface area contributed by atoms with E-state index in [1.165, 1.54) is 6.20 Å². The summed E-state index contributed by atoms with van der Waals surface area (Å²) >= 11 is 0. The van der Waals surface area contributed by atoms with Gasteiger partial charge in [0.05, 0.1) is 18.0 Å². The van der Waals surface area contributed by atoms with E-state index in [2.05, 4.69) is 26.1 Å². The molecule has 0 atom stereocenters. The third-order valence-electron chi connectivity index (χ3n) is 5.11. The lowest BCUT2D eigenvalue weighted by Gasteiger charge is -2.14. The number of nitrogens with one attached hydrogen (secondary N) is 3. The van der Waals surface area contributed by atoms with Crippen LogP contribution >= 0.6 is 0 Å². The molecule has 2 aromatic carbocycles. The molecule has 2 heterocycles. The molecule has 0 unspecified atom stereocenters. The summed E-state index contributed by atoms with van der Waals surface area (Å²) < 4.78 is 16.2. The molecule has 0 radical (unpaired) electrons. The van der Waals surface area contributed by atoms with Crippen molar-refractivity contribution in [1.29, 1.82) is 0 Å². The number of rotatable bonds is 6. The first-order valence-corrected chi connectivity index (χ1v) is 11.4. The van der Waals surface area contributed by atoms with Gasteiger partial charge < -0.3 is 19.3 Å². The Morgan fingerprint density at radius 1 is 0.972 bits per heavy atom. The first-order valence-electron chi connectivity index (χ1n) is 11.4. The van der Waals surface area contributed by atoms with Crippen LogP contribution in [0.25, 0.3) is 10.8 Å². The number of amides is 3. The van der Waals surface area contributed by atoms with Gasteiger partial charge in [0, 0.05) is 34.5 Å². The van der Waals surface area contributed by atoms with E-state index in [9.17, 15) is 9.59 Å². The molecule has 2 aromatic heterocycles. The lowest BCUT2D eigenvalue weighted by atomic mass is 9.92. The number of pyridine rings is 1. The molecule has 4 rings (SSSR count). The lowest BCUT2D eigenvalue weighted by molar-refractivity contribution is 0.168. The van der Waals surface area contributed by atoms with E-state index in [-0.39, 0.29) is 17.9 Å². The number of nitrogens with zero attached hydrogens (tertiary/aromatic N) is 2. The molecule has 10 nitrogen and oxygen atoms in total. The van der Waals surface area contributed by atoms with Gasteiger partial charge in [-0.25, -0.2) is 14.6 Å². The van der Waals surface area contributed by atoms with Gasteiger partial charge >= 0.3 is 12.1 Å². The van der Waals surface area contributed by atoms with Gasteiger partial charge in [0.2, 0.25) is 5.88 Å². The Bertz CT molecular complexity index is 1390. The summed E-state index contributed by atoms with van der Waals surface area (Å²) in [4.78, 5) is 28.4. The van der Waals surface area contributed by atoms with Crippen LogP contribution in [-0.4, -0.2) is 28.9 Å². The minimum Gasteiger partial charge on any atom is -0.457 e. The zero-order valence-electron chi connectivity index (χ0n) is 20.4. The summed E-state index contributed by atoms with van der Waals surface area (Å²) in [5.41, 5.74) is 1.13. The van der Waals surface area contributed by atoms with E-state index in [1.54, 1.807) is 37.3 Å². The number of anilines is 3. The molecule has 0 aliphatic carbocycles. The predicted molar refractivity (Wildman–Crippen MR) is 137 cm³/mol. The number of fused-ring (bicyclic) bond motifs is 1. The average molecular weight is 490 g/mol. The van der Waals surface area contributed by atoms with Crippen molar-refractivity contribution in [3.05, 3.63) is 66.5 Å². The number of carbonyl (C=O) groups is 2. The van der Waals surface area contributed by atoms with E-state index in [1.807, 2.05) is 45.0 Å². The van der Waals surface area contributed by atoms with Crippen molar-refractivity contribution < 1.29 is 23.6 Å². The second kappa shape index (κ2) is 10.3. The van der Waals surface area contributed by atoms with Crippen LogP contribution in [0.5, 0.6) is 11.5 Å². The maximum Gasteiger partial charge on any atom is 0.412 e. The normalized spacial score (nSPS) is 11.1. The number of benzene rings is 2. The number of ether oxygens (including phenoxy) is 2. The lowest BCUT2D eigenvalue weighted by Crippen LogP contribution is -2.19. The number of hydrogen-bond donors (Lipinski definition) is 3. The number of carbonyl (C=O) groups excluding carboxylic acids is 2. The summed E-state index contributed by atoms with van der Waals surface area (Å²) in [5.74, 6) is 1.59. The first kappa shape index (κ1) is 24.5. The monoisotopic (exact) mass is 489 g/mol. The number of urea groups is 1. The minimum absolute atomic E-state index is 0.198. The molecule has 3 amide bonds. The van der Waals surface area contributed by atoms with Gasteiger partial charge in [-0.1, -0.05) is 50.2 Å². The van der Waals surface area contributed by atoms with Gasteiger partial charge in [0.1, 0.15) is 17.3 Å². The fourth-order valence-electron chi connectivity index (χ4n) is 3.36. The molecule has 186 valence electrons. The van der Waals surface area contributed by atoms with Crippen molar-refractivity contribution in [3.63, 3.8) is 0 Å². The van der Waals surface area contributed by atoms with Crippen molar-refractivity contribution in [3.8, 4) is 11.5 Å². The Kier molecular flexibility index (Phi) is 7.05. The summed E-state index contributed by atoms with van der Waals surface area (Å²) in [7, 11) is 0. The summed E-state index contributed by atoms with van der Waals surface area (Å²) in [5, 5.41) is 13.6. The third-order valence-corrected chi connectivity index (χ3v) is 5.11. The highest BCUT2D eigenvalue weighted by Crippen LogP contribution is 2.35. The van der Waals surface area contributed by atoms with Gasteiger partial charge in [-0.15, -0.1) is 0 Å². The molecule has 3 N–H and O–H groups in total. The second-order valence-electron chi connectivity index (χ2n) is 8.89. The van der Waals surface area contributed by atoms with Gasteiger partial charge in [-0.05, 0) is 25.1 Å². The molecular formula is C26H27N5O5. The number of hydrogen-bond acceptors (Lipinski definition) is 7. The molecule has 0 bridgehead atoms. The minimum atomic E-state index is -0.596. The molecule has 36 heavy (non-hydrogen) atoms. The van der Waals surface area contributed by atoms with Crippen LogP contribution in [-0.2, 0) is 10.2 Å². The Labute approximate surface area is 208 Å². The largest absolute Gasteiger partial charge is 0.457 e. The molecular weight excluding hydrogens is 462 g/mol. The Morgan fingerprint density at radius 2 is 1.75 bits per heavy atom. The Hall–Kier alpha value is -4.60. The van der Waals surface area contributed by atoms with Crippen LogP contribution in [0.1, 0.15) is 33.4 Å². The molecule has 0 aliphatic heterocycles.